The average Bonchev–Trinajstić information content (AvgIpc) is 2.42. The lowest BCUT2D eigenvalue weighted by molar-refractivity contribution is -0.154. The van der Waals surface area contributed by atoms with E-state index in [4.69, 9.17) is 0 Å². The number of piperidine rings is 1. The van der Waals surface area contributed by atoms with Gasteiger partial charge in [-0.3, -0.25) is 9.69 Å². The molecular weight excluding hydrogens is 249 g/mol. The molecule has 0 aliphatic carbocycles. The second-order valence-electron chi connectivity index (χ2n) is 5.51. The Morgan fingerprint density at radius 2 is 1.94 bits per heavy atom. The highest BCUT2D eigenvalue weighted by atomic mass is 19.4. The van der Waals surface area contributed by atoms with Gasteiger partial charge in [-0.25, -0.2) is 4.79 Å². The van der Waals surface area contributed by atoms with E-state index in [9.17, 15) is 22.8 Å². The Kier molecular flexibility index (Phi) is 2.82. The zero-order valence-corrected chi connectivity index (χ0v) is 10.3. The van der Waals surface area contributed by atoms with Crippen LogP contribution in [0.3, 0.4) is 0 Å². The van der Waals surface area contributed by atoms with E-state index < -0.39 is 36.1 Å². The minimum atomic E-state index is -4.55. The zero-order valence-electron chi connectivity index (χ0n) is 10.3. The van der Waals surface area contributed by atoms with Gasteiger partial charge in [-0.05, 0) is 18.3 Å². The molecule has 7 heteroatoms. The number of halogens is 3. The van der Waals surface area contributed by atoms with Gasteiger partial charge in [0, 0.05) is 6.54 Å². The number of hydrogen-bond acceptors (Lipinski definition) is 2. The van der Waals surface area contributed by atoms with Gasteiger partial charge in [-0.2, -0.15) is 13.2 Å². The molecular formula is C11H15F3N2O2. The molecule has 2 aliphatic rings. The van der Waals surface area contributed by atoms with Crippen molar-refractivity contribution in [1.82, 2.24) is 9.80 Å². The molecule has 0 aromatic heterocycles. The number of nitrogens with zero attached hydrogens (tertiary/aromatic N) is 2. The molecule has 18 heavy (non-hydrogen) atoms. The van der Waals surface area contributed by atoms with Crippen molar-refractivity contribution in [2.24, 2.45) is 5.41 Å². The molecule has 0 spiro atoms. The highest BCUT2D eigenvalue weighted by molar-refractivity contribution is 6.04. The van der Waals surface area contributed by atoms with Crippen LogP contribution in [0.2, 0.25) is 0 Å². The molecule has 0 aromatic carbocycles. The zero-order chi connectivity index (χ0) is 13.7. The highest BCUT2D eigenvalue weighted by Crippen LogP contribution is 2.40. The standard InChI is InChI=1S/C11H15F3N2O2/c1-10(2)4-3-5-15-7(10)8(17)16(9(15)18)6-11(12,13)14/h7H,3-6H2,1-2H3. The Morgan fingerprint density at radius 1 is 1.33 bits per heavy atom. The van der Waals surface area contributed by atoms with Crippen LogP contribution >= 0.6 is 0 Å². The quantitative estimate of drug-likeness (QED) is 0.680. The van der Waals surface area contributed by atoms with Crippen LogP contribution in [0.5, 0.6) is 0 Å². The van der Waals surface area contributed by atoms with Crippen LogP contribution in [0.1, 0.15) is 26.7 Å². The van der Waals surface area contributed by atoms with Gasteiger partial charge in [-0.15, -0.1) is 0 Å². The molecule has 0 saturated carbocycles. The summed E-state index contributed by atoms with van der Waals surface area (Å²) in [6.45, 7) is 2.49. The number of hydrogen-bond donors (Lipinski definition) is 0. The summed E-state index contributed by atoms with van der Waals surface area (Å²) in [6, 6.07) is -1.56. The van der Waals surface area contributed by atoms with E-state index >= 15 is 0 Å². The Labute approximate surface area is 103 Å². The molecule has 0 radical (unpaired) electrons. The van der Waals surface area contributed by atoms with E-state index in [1.807, 2.05) is 13.8 Å². The molecule has 1 atom stereocenters. The third-order valence-electron chi connectivity index (χ3n) is 3.59. The molecule has 0 N–H and O–H groups in total. The summed E-state index contributed by atoms with van der Waals surface area (Å²) in [4.78, 5) is 25.5. The summed E-state index contributed by atoms with van der Waals surface area (Å²) in [5, 5.41) is 0. The lowest BCUT2D eigenvalue weighted by Crippen LogP contribution is -2.49. The van der Waals surface area contributed by atoms with Crippen molar-refractivity contribution in [3.63, 3.8) is 0 Å². The number of carbonyl (C=O) groups excluding carboxylic acids is 2. The van der Waals surface area contributed by atoms with Crippen LogP contribution in [0, 0.1) is 5.41 Å². The van der Waals surface area contributed by atoms with Crippen molar-refractivity contribution in [3.8, 4) is 0 Å². The van der Waals surface area contributed by atoms with Gasteiger partial charge in [0.05, 0.1) is 0 Å². The maximum atomic E-state index is 12.4. The van der Waals surface area contributed by atoms with E-state index in [-0.39, 0.29) is 0 Å². The van der Waals surface area contributed by atoms with Crippen molar-refractivity contribution < 1.29 is 22.8 Å². The molecule has 2 heterocycles. The van der Waals surface area contributed by atoms with E-state index in [0.717, 1.165) is 6.42 Å². The molecule has 2 saturated heterocycles. The molecule has 2 aliphatic heterocycles. The van der Waals surface area contributed by atoms with Gasteiger partial charge in [-0.1, -0.05) is 13.8 Å². The fourth-order valence-electron chi connectivity index (χ4n) is 2.79. The Hall–Kier alpha value is -1.27. The SMILES string of the molecule is CC1(C)CCCN2C(=O)N(CC(F)(F)F)C(=O)C21. The lowest BCUT2D eigenvalue weighted by Gasteiger charge is -2.39. The van der Waals surface area contributed by atoms with Gasteiger partial charge in [0.2, 0.25) is 0 Å². The number of urea groups is 1. The average molecular weight is 264 g/mol. The monoisotopic (exact) mass is 264 g/mol. The van der Waals surface area contributed by atoms with Crippen LogP contribution in [-0.4, -0.2) is 47.0 Å². The summed E-state index contributed by atoms with van der Waals surface area (Å²) in [5.41, 5.74) is -0.467. The maximum absolute atomic E-state index is 12.4. The highest BCUT2D eigenvalue weighted by Gasteiger charge is 2.55. The summed E-state index contributed by atoms with van der Waals surface area (Å²) in [7, 11) is 0. The Balaban J connectivity index is 2.27. The van der Waals surface area contributed by atoms with E-state index in [1.165, 1.54) is 4.90 Å². The van der Waals surface area contributed by atoms with E-state index in [2.05, 4.69) is 0 Å². The predicted octanol–water partition coefficient (Wildman–Crippen LogP) is 2.00. The molecule has 0 aromatic rings. The fourth-order valence-corrected chi connectivity index (χ4v) is 2.79. The first-order valence-electron chi connectivity index (χ1n) is 5.82. The van der Waals surface area contributed by atoms with Crippen LogP contribution in [0.15, 0.2) is 0 Å². The molecule has 0 bridgehead atoms. The summed E-state index contributed by atoms with van der Waals surface area (Å²) < 4.78 is 37.1. The third kappa shape index (κ3) is 2.06. The molecule has 4 nitrogen and oxygen atoms in total. The first-order valence-corrected chi connectivity index (χ1v) is 5.82. The molecule has 1 unspecified atom stereocenters. The molecule has 3 amide bonds. The van der Waals surface area contributed by atoms with E-state index in [0.29, 0.717) is 17.9 Å². The molecule has 102 valence electrons. The van der Waals surface area contributed by atoms with Gasteiger partial charge < -0.3 is 4.90 Å². The topological polar surface area (TPSA) is 40.6 Å². The van der Waals surface area contributed by atoms with Gasteiger partial charge in [0.15, 0.2) is 0 Å². The van der Waals surface area contributed by atoms with Crippen molar-refractivity contribution in [2.75, 3.05) is 13.1 Å². The van der Waals surface area contributed by atoms with Crippen molar-refractivity contribution in [2.45, 2.75) is 38.9 Å². The minimum Gasteiger partial charge on any atom is -0.312 e. The van der Waals surface area contributed by atoms with Crippen molar-refractivity contribution >= 4 is 11.9 Å². The van der Waals surface area contributed by atoms with Gasteiger partial charge in [0.25, 0.3) is 5.91 Å². The van der Waals surface area contributed by atoms with Crippen LogP contribution < -0.4 is 0 Å². The van der Waals surface area contributed by atoms with Crippen LogP contribution in [-0.2, 0) is 4.79 Å². The van der Waals surface area contributed by atoms with Crippen molar-refractivity contribution in [3.05, 3.63) is 0 Å². The van der Waals surface area contributed by atoms with Crippen LogP contribution in [0.4, 0.5) is 18.0 Å². The van der Waals surface area contributed by atoms with E-state index in [1.54, 1.807) is 0 Å². The lowest BCUT2D eigenvalue weighted by atomic mass is 9.77. The third-order valence-corrected chi connectivity index (χ3v) is 3.59. The number of imide groups is 1. The summed E-state index contributed by atoms with van der Waals surface area (Å²) in [6.07, 6.45) is -3.11. The summed E-state index contributed by atoms with van der Waals surface area (Å²) >= 11 is 0. The van der Waals surface area contributed by atoms with Crippen LogP contribution in [0.25, 0.3) is 0 Å². The van der Waals surface area contributed by atoms with Gasteiger partial charge >= 0.3 is 12.2 Å². The first kappa shape index (κ1) is 13.2. The number of rotatable bonds is 1. The normalized spacial score (nSPS) is 27.7. The molecule has 2 fully saturated rings. The molecule has 2 rings (SSSR count). The first-order chi connectivity index (χ1) is 8.13. The Morgan fingerprint density at radius 3 is 2.44 bits per heavy atom. The number of amides is 3. The minimum absolute atomic E-state index is 0.331. The number of fused-ring (bicyclic) bond motifs is 1. The second kappa shape index (κ2) is 3.86. The smallest absolute Gasteiger partial charge is 0.312 e. The number of alkyl halides is 3. The van der Waals surface area contributed by atoms with Gasteiger partial charge in [0.1, 0.15) is 12.6 Å². The Bertz CT molecular complexity index is 392. The second-order valence-corrected chi connectivity index (χ2v) is 5.51. The largest absolute Gasteiger partial charge is 0.406 e. The number of carbonyl (C=O) groups is 2. The summed E-state index contributed by atoms with van der Waals surface area (Å²) in [5.74, 6) is -0.720. The predicted molar refractivity (Wildman–Crippen MR) is 56.7 cm³/mol. The maximum Gasteiger partial charge on any atom is 0.406 e. The fraction of sp³-hybridized carbons (Fsp3) is 0.818. The van der Waals surface area contributed by atoms with Crippen molar-refractivity contribution in [1.29, 1.82) is 0 Å².